The topological polar surface area (TPSA) is 55.8 Å². The highest BCUT2D eigenvalue weighted by Gasteiger charge is 2.35. The zero-order chi connectivity index (χ0) is 21.7. The third kappa shape index (κ3) is 5.15. The molecule has 0 unspecified atom stereocenters. The molecule has 1 aliphatic heterocycles. The van der Waals surface area contributed by atoms with E-state index >= 15 is 0 Å². The highest BCUT2D eigenvalue weighted by atomic mass is 35.5. The van der Waals surface area contributed by atoms with Crippen LogP contribution >= 0.6 is 23.4 Å². The van der Waals surface area contributed by atoms with E-state index in [2.05, 4.69) is 6.92 Å². The molecule has 1 saturated heterocycles. The lowest BCUT2D eigenvalue weighted by molar-refractivity contribution is -0.123. The summed E-state index contributed by atoms with van der Waals surface area (Å²) in [4.78, 5) is 26.5. The summed E-state index contributed by atoms with van der Waals surface area (Å²) in [5.74, 6) is 0.279. The molecule has 0 saturated carbocycles. The van der Waals surface area contributed by atoms with E-state index in [-0.39, 0.29) is 11.6 Å². The molecule has 158 valence electrons. The molecule has 1 aliphatic rings. The Morgan fingerprint density at radius 1 is 1.17 bits per heavy atom. The van der Waals surface area contributed by atoms with Gasteiger partial charge in [-0.15, -0.1) is 0 Å². The predicted molar refractivity (Wildman–Crippen MR) is 116 cm³/mol. The maximum Gasteiger partial charge on any atom is 0.293 e. The summed E-state index contributed by atoms with van der Waals surface area (Å²) in [5.41, 5.74) is 1.21. The lowest BCUT2D eigenvalue weighted by atomic mass is 10.1. The zero-order valence-corrected chi connectivity index (χ0v) is 18.2. The Hall–Kier alpha value is -2.51. The van der Waals surface area contributed by atoms with E-state index < -0.39 is 17.0 Å². The number of imide groups is 1. The van der Waals surface area contributed by atoms with E-state index in [1.165, 1.54) is 12.1 Å². The third-order valence-electron chi connectivity index (χ3n) is 4.46. The smallest absolute Gasteiger partial charge is 0.293 e. The molecule has 0 aromatic heterocycles. The van der Waals surface area contributed by atoms with Crippen molar-refractivity contribution in [1.82, 2.24) is 4.90 Å². The molecule has 1 heterocycles. The highest BCUT2D eigenvalue weighted by Crippen LogP contribution is 2.36. The van der Waals surface area contributed by atoms with Gasteiger partial charge in [0.25, 0.3) is 11.1 Å². The summed E-state index contributed by atoms with van der Waals surface area (Å²) < 4.78 is 24.3. The number of ether oxygens (including phenoxy) is 2. The fraction of sp³-hybridized carbons (Fsp3) is 0.273. The van der Waals surface area contributed by atoms with E-state index in [1.807, 2.05) is 0 Å². The van der Waals surface area contributed by atoms with Crippen LogP contribution in [0.5, 0.6) is 11.5 Å². The molecule has 2 amide bonds. The van der Waals surface area contributed by atoms with Crippen LogP contribution in [0.2, 0.25) is 5.02 Å². The second-order valence-electron chi connectivity index (χ2n) is 6.62. The summed E-state index contributed by atoms with van der Waals surface area (Å²) in [6, 6.07) is 9.20. The molecule has 0 spiro atoms. The summed E-state index contributed by atoms with van der Waals surface area (Å²) in [7, 11) is 1.55. The molecule has 5 nitrogen and oxygen atoms in total. The first-order valence-electron chi connectivity index (χ1n) is 9.43. The number of halogens is 2. The Morgan fingerprint density at radius 3 is 2.67 bits per heavy atom. The number of hydrogen-bond donors (Lipinski definition) is 0. The number of carbonyl (C=O) groups is 2. The van der Waals surface area contributed by atoms with E-state index in [4.69, 9.17) is 21.1 Å². The van der Waals surface area contributed by atoms with E-state index in [1.54, 1.807) is 31.4 Å². The second-order valence-corrected chi connectivity index (χ2v) is 8.02. The van der Waals surface area contributed by atoms with Crippen molar-refractivity contribution in [2.24, 2.45) is 0 Å². The quantitative estimate of drug-likeness (QED) is 0.370. The number of thioether (sulfide) groups is 1. The second kappa shape index (κ2) is 10.00. The summed E-state index contributed by atoms with van der Waals surface area (Å²) in [6.07, 6.45) is 3.60. The van der Waals surface area contributed by atoms with Crippen molar-refractivity contribution in [3.8, 4) is 11.5 Å². The lowest BCUT2D eigenvalue weighted by Crippen LogP contribution is -2.27. The number of amides is 2. The standard InChI is InChI=1S/C22H21ClFNO4S/c1-3-4-9-29-18-8-5-14(10-19(18)28-2)11-20-21(26)25(22(27)30-20)13-15-6-7-16(24)12-17(15)23/h5-8,10-12H,3-4,9,13H2,1-2H3/b20-11-. The summed E-state index contributed by atoms with van der Waals surface area (Å²) in [6.45, 7) is 2.66. The molecule has 3 rings (SSSR count). The van der Waals surface area contributed by atoms with Crippen LogP contribution in [0.15, 0.2) is 41.3 Å². The first-order chi connectivity index (χ1) is 14.4. The van der Waals surface area contributed by atoms with Crippen LogP contribution in [-0.4, -0.2) is 29.8 Å². The van der Waals surface area contributed by atoms with Gasteiger partial charge in [-0.1, -0.05) is 37.1 Å². The van der Waals surface area contributed by atoms with Gasteiger partial charge in [-0.2, -0.15) is 0 Å². The van der Waals surface area contributed by atoms with Gasteiger partial charge in [0.2, 0.25) is 0 Å². The van der Waals surface area contributed by atoms with Crippen molar-refractivity contribution in [3.63, 3.8) is 0 Å². The lowest BCUT2D eigenvalue weighted by Gasteiger charge is -2.13. The van der Waals surface area contributed by atoms with Crippen LogP contribution < -0.4 is 9.47 Å². The van der Waals surface area contributed by atoms with Crippen LogP contribution in [0.1, 0.15) is 30.9 Å². The Kier molecular flexibility index (Phi) is 7.39. The van der Waals surface area contributed by atoms with Gasteiger partial charge >= 0.3 is 0 Å². The fourth-order valence-corrected chi connectivity index (χ4v) is 3.89. The molecule has 0 atom stereocenters. The number of unbranched alkanes of at least 4 members (excludes halogenated alkanes) is 1. The maximum absolute atomic E-state index is 13.2. The van der Waals surface area contributed by atoms with Crippen molar-refractivity contribution in [2.45, 2.75) is 26.3 Å². The average molecular weight is 450 g/mol. The van der Waals surface area contributed by atoms with E-state index in [0.717, 1.165) is 35.6 Å². The molecule has 2 aromatic carbocycles. The van der Waals surface area contributed by atoms with Crippen LogP contribution in [0.25, 0.3) is 6.08 Å². The molecule has 0 bridgehead atoms. The van der Waals surface area contributed by atoms with E-state index in [0.29, 0.717) is 34.1 Å². The molecule has 0 N–H and O–H groups in total. The van der Waals surface area contributed by atoms with Gasteiger partial charge in [0.15, 0.2) is 11.5 Å². The zero-order valence-electron chi connectivity index (χ0n) is 16.6. The van der Waals surface area contributed by atoms with Crippen molar-refractivity contribution in [1.29, 1.82) is 0 Å². The molecule has 0 aliphatic carbocycles. The van der Waals surface area contributed by atoms with Crippen molar-refractivity contribution in [2.75, 3.05) is 13.7 Å². The summed E-state index contributed by atoms with van der Waals surface area (Å²) in [5, 5.41) is -0.237. The molecule has 8 heteroatoms. The molecule has 1 fully saturated rings. The number of benzene rings is 2. The van der Waals surface area contributed by atoms with Crippen LogP contribution in [0.3, 0.4) is 0 Å². The van der Waals surface area contributed by atoms with E-state index in [9.17, 15) is 14.0 Å². The number of nitrogens with zero attached hydrogens (tertiary/aromatic N) is 1. The largest absolute Gasteiger partial charge is 0.493 e. The molecular formula is C22H21ClFNO4S. The van der Waals surface area contributed by atoms with Crippen LogP contribution in [-0.2, 0) is 11.3 Å². The van der Waals surface area contributed by atoms with Crippen LogP contribution in [0.4, 0.5) is 9.18 Å². The normalized spacial score (nSPS) is 15.2. The van der Waals surface area contributed by atoms with Gasteiger partial charge in [-0.25, -0.2) is 4.39 Å². The monoisotopic (exact) mass is 449 g/mol. The Bertz CT molecular complexity index is 995. The minimum atomic E-state index is -0.478. The first kappa shape index (κ1) is 22.2. The van der Waals surface area contributed by atoms with Crippen molar-refractivity contribution in [3.05, 3.63) is 63.3 Å². The number of hydrogen-bond acceptors (Lipinski definition) is 5. The van der Waals surface area contributed by atoms with Gasteiger partial charge < -0.3 is 9.47 Å². The van der Waals surface area contributed by atoms with Crippen molar-refractivity contribution >= 4 is 40.6 Å². The fourth-order valence-electron chi connectivity index (χ4n) is 2.83. The Labute approximate surface area is 183 Å². The first-order valence-corrected chi connectivity index (χ1v) is 10.6. The minimum Gasteiger partial charge on any atom is -0.493 e. The number of carbonyl (C=O) groups excluding carboxylic acids is 2. The number of methoxy groups -OCH3 is 1. The van der Waals surface area contributed by atoms with Crippen molar-refractivity contribution < 1.29 is 23.5 Å². The Morgan fingerprint density at radius 2 is 1.97 bits per heavy atom. The predicted octanol–water partition coefficient (Wildman–Crippen LogP) is 5.90. The molecule has 30 heavy (non-hydrogen) atoms. The highest BCUT2D eigenvalue weighted by molar-refractivity contribution is 8.18. The number of rotatable bonds is 8. The molecule has 2 aromatic rings. The Balaban J connectivity index is 1.77. The van der Waals surface area contributed by atoms with Gasteiger partial charge in [0.05, 0.1) is 25.2 Å². The summed E-state index contributed by atoms with van der Waals surface area (Å²) >= 11 is 6.88. The third-order valence-corrected chi connectivity index (χ3v) is 5.72. The SMILES string of the molecule is CCCCOc1ccc(/C=C2\SC(=O)N(Cc3ccc(F)cc3Cl)C2=O)cc1OC. The molecular weight excluding hydrogens is 429 g/mol. The maximum atomic E-state index is 13.2. The van der Waals surface area contributed by atoms with Gasteiger partial charge in [-0.3, -0.25) is 14.5 Å². The van der Waals surface area contributed by atoms with Crippen LogP contribution in [0, 0.1) is 5.82 Å². The van der Waals surface area contributed by atoms with Gasteiger partial charge in [0.1, 0.15) is 5.82 Å². The van der Waals surface area contributed by atoms with Gasteiger partial charge in [0, 0.05) is 5.02 Å². The minimum absolute atomic E-state index is 0.0192. The average Bonchev–Trinajstić information content (AvgIpc) is 2.98. The molecule has 0 radical (unpaired) electrons. The van der Waals surface area contributed by atoms with Gasteiger partial charge in [-0.05, 0) is 59.7 Å².